The van der Waals surface area contributed by atoms with Crippen molar-refractivity contribution in [1.82, 2.24) is 9.99 Å². The normalized spacial score (nSPS) is 15.1. The maximum Gasteiger partial charge on any atom is 0.282 e. The highest BCUT2D eigenvalue weighted by molar-refractivity contribution is 6.33. The number of benzene rings is 3. The molecule has 0 unspecified atom stereocenters. The maximum absolute atomic E-state index is 13.3. The number of halogens is 2. The van der Waals surface area contributed by atoms with E-state index in [1.54, 1.807) is 42.5 Å². The Kier molecular flexibility index (Phi) is 4.99. The minimum absolute atomic E-state index is 0.0367. The summed E-state index contributed by atoms with van der Waals surface area (Å²) in [5.74, 6) is -1.22. The minimum atomic E-state index is -0.481. The van der Waals surface area contributed by atoms with Gasteiger partial charge in [-0.1, -0.05) is 48.0 Å². The fraction of sp³-hybridized carbons (Fsp3) is 0.0400. The number of nitrogens with zero attached hydrogens (tertiary/aromatic N) is 2. The number of fused-ring (bicyclic) bond motifs is 1. The van der Waals surface area contributed by atoms with Gasteiger partial charge in [0, 0.05) is 34.2 Å². The molecule has 2 heterocycles. The molecule has 4 aromatic rings. The predicted octanol–water partition coefficient (Wildman–Crippen LogP) is 4.94. The Morgan fingerprint density at radius 1 is 0.969 bits per heavy atom. The Morgan fingerprint density at radius 3 is 2.53 bits per heavy atom. The summed E-state index contributed by atoms with van der Waals surface area (Å²) in [6.45, 7) is 0.527. The van der Waals surface area contributed by atoms with Gasteiger partial charge < -0.3 is 4.57 Å². The first-order chi connectivity index (χ1) is 15.5. The van der Waals surface area contributed by atoms with Crippen LogP contribution >= 0.6 is 11.6 Å². The number of amides is 2. The van der Waals surface area contributed by atoms with Crippen molar-refractivity contribution in [2.24, 2.45) is 0 Å². The summed E-state index contributed by atoms with van der Waals surface area (Å²) >= 11 is 6.03. The first-order valence-corrected chi connectivity index (χ1v) is 10.3. The molecular formula is C25H17ClFN3O2. The SMILES string of the molecule is O=C1NN(c2cccc(Cl)c2)C(=O)/C1=C\c1cn(Cc2ccc(F)cc2)c2ccccc12. The third-order valence-corrected chi connectivity index (χ3v) is 5.58. The van der Waals surface area contributed by atoms with Crippen molar-refractivity contribution in [3.8, 4) is 0 Å². The number of aromatic nitrogens is 1. The van der Waals surface area contributed by atoms with Gasteiger partial charge in [0.25, 0.3) is 11.8 Å². The van der Waals surface area contributed by atoms with E-state index in [-0.39, 0.29) is 11.4 Å². The lowest BCUT2D eigenvalue weighted by Crippen LogP contribution is -2.35. The van der Waals surface area contributed by atoms with E-state index in [2.05, 4.69) is 5.43 Å². The minimum Gasteiger partial charge on any atom is -0.342 e. The van der Waals surface area contributed by atoms with Crippen LogP contribution in [0.4, 0.5) is 10.1 Å². The zero-order valence-electron chi connectivity index (χ0n) is 16.8. The molecule has 0 aliphatic carbocycles. The molecule has 1 fully saturated rings. The number of carbonyl (C=O) groups excluding carboxylic acids is 2. The average molecular weight is 446 g/mol. The molecule has 5 nitrogen and oxygen atoms in total. The number of para-hydroxylation sites is 1. The quantitative estimate of drug-likeness (QED) is 0.357. The number of nitrogens with one attached hydrogen (secondary N) is 1. The van der Waals surface area contributed by atoms with E-state index in [0.29, 0.717) is 17.3 Å². The second-order valence-electron chi connectivity index (χ2n) is 7.48. The van der Waals surface area contributed by atoms with E-state index < -0.39 is 11.8 Å². The second kappa shape index (κ2) is 7.98. The van der Waals surface area contributed by atoms with Gasteiger partial charge in [0.05, 0.1) is 5.69 Å². The number of hydrogen-bond donors (Lipinski definition) is 1. The van der Waals surface area contributed by atoms with Crippen LogP contribution in [0.3, 0.4) is 0 Å². The van der Waals surface area contributed by atoms with Gasteiger partial charge in [-0.3, -0.25) is 15.0 Å². The van der Waals surface area contributed by atoms with Crippen LogP contribution in [-0.2, 0) is 16.1 Å². The number of carbonyl (C=O) groups is 2. The van der Waals surface area contributed by atoms with E-state index >= 15 is 0 Å². The van der Waals surface area contributed by atoms with Gasteiger partial charge in [0.1, 0.15) is 11.4 Å². The molecule has 0 atom stereocenters. The lowest BCUT2D eigenvalue weighted by Gasteiger charge is -2.14. The summed E-state index contributed by atoms with van der Waals surface area (Å²) in [6.07, 6.45) is 3.50. The molecule has 2 amide bonds. The van der Waals surface area contributed by atoms with Crippen molar-refractivity contribution in [3.05, 3.63) is 107 Å². The summed E-state index contributed by atoms with van der Waals surface area (Å²) in [7, 11) is 0. The molecular weight excluding hydrogens is 429 g/mol. The van der Waals surface area contributed by atoms with Crippen molar-refractivity contribution in [3.63, 3.8) is 0 Å². The van der Waals surface area contributed by atoms with Crippen LogP contribution in [0.15, 0.2) is 84.6 Å². The highest BCUT2D eigenvalue weighted by Gasteiger charge is 2.34. The number of rotatable bonds is 4. The van der Waals surface area contributed by atoms with Crippen LogP contribution in [0.1, 0.15) is 11.1 Å². The average Bonchev–Trinajstić information content (AvgIpc) is 3.28. The summed E-state index contributed by atoms with van der Waals surface area (Å²) in [5, 5.41) is 2.56. The Labute approximate surface area is 188 Å². The zero-order valence-corrected chi connectivity index (χ0v) is 17.5. The second-order valence-corrected chi connectivity index (χ2v) is 7.91. The molecule has 1 N–H and O–H groups in total. The van der Waals surface area contributed by atoms with Gasteiger partial charge in [-0.2, -0.15) is 0 Å². The van der Waals surface area contributed by atoms with Crippen molar-refractivity contribution in [2.45, 2.75) is 6.54 Å². The molecule has 1 aliphatic rings. The molecule has 5 rings (SSSR count). The van der Waals surface area contributed by atoms with Gasteiger partial charge in [-0.25, -0.2) is 9.40 Å². The Bertz CT molecular complexity index is 1390. The largest absolute Gasteiger partial charge is 0.342 e. The Morgan fingerprint density at radius 2 is 1.75 bits per heavy atom. The van der Waals surface area contributed by atoms with Gasteiger partial charge in [-0.15, -0.1) is 0 Å². The van der Waals surface area contributed by atoms with E-state index in [9.17, 15) is 14.0 Å². The fourth-order valence-electron chi connectivity index (χ4n) is 3.82. The smallest absolute Gasteiger partial charge is 0.282 e. The summed E-state index contributed by atoms with van der Waals surface area (Å²) < 4.78 is 15.3. The number of hydrogen-bond acceptors (Lipinski definition) is 2. The predicted molar refractivity (Wildman–Crippen MR) is 122 cm³/mol. The third-order valence-electron chi connectivity index (χ3n) is 5.34. The molecule has 0 bridgehead atoms. The Balaban J connectivity index is 1.53. The lowest BCUT2D eigenvalue weighted by molar-refractivity contribution is -0.117. The monoisotopic (exact) mass is 445 g/mol. The maximum atomic E-state index is 13.3. The molecule has 32 heavy (non-hydrogen) atoms. The van der Waals surface area contributed by atoms with Crippen molar-refractivity contribution in [1.29, 1.82) is 0 Å². The molecule has 1 aromatic heterocycles. The van der Waals surface area contributed by atoms with Gasteiger partial charge in [0.15, 0.2) is 0 Å². The van der Waals surface area contributed by atoms with Gasteiger partial charge in [0.2, 0.25) is 0 Å². The molecule has 0 saturated carbocycles. The first-order valence-electron chi connectivity index (χ1n) is 9.94. The molecule has 7 heteroatoms. The fourth-order valence-corrected chi connectivity index (χ4v) is 4.00. The van der Waals surface area contributed by atoms with Gasteiger partial charge in [-0.05, 0) is 48.0 Å². The van der Waals surface area contributed by atoms with E-state index in [1.165, 1.54) is 17.1 Å². The summed E-state index contributed by atoms with van der Waals surface area (Å²) in [6, 6.07) is 20.8. The third kappa shape index (κ3) is 3.65. The molecule has 3 aromatic carbocycles. The standard InChI is InChI=1S/C25H17ClFN3O2/c26-18-4-3-5-20(13-18)30-25(32)22(24(31)28-30)12-17-15-29(23-7-2-1-6-21(17)23)14-16-8-10-19(27)11-9-16/h1-13,15H,14H2,(H,28,31)/b22-12-. The molecule has 0 radical (unpaired) electrons. The van der Waals surface area contributed by atoms with Crippen LogP contribution in [-0.4, -0.2) is 16.4 Å². The van der Waals surface area contributed by atoms with Crippen LogP contribution in [0.2, 0.25) is 5.02 Å². The number of hydrazine groups is 1. The van der Waals surface area contributed by atoms with Crippen LogP contribution in [0.5, 0.6) is 0 Å². The summed E-state index contributed by atoms with van der Waals surface area (Å²) in [5.41, 5.74) is 5.74. The van der Waals surface area contributed by atoms with E-state index in [0.717, 1.165) is 22.0 Å². The van der Waals surface area contributed by atoms with E-state index in [4.69, 9.17) is 11.6 Å². The number of anilines is 1. The van der Waals surface area contributed by atoms with Crippen LogP contribution in [0, 0.1) is 5.82 Å². The lowest BCUT2D eigenvalue weighted by atomic mass is 10.1. The molecule has 1 aliphatic heterocycles. The molecule has 0 spiro atoms. The van der Waals surface area contributed by atoms with Crippen LogP contribution < -0.4 is 10.4 Å². The first kappa shape index (κ1) is 20.0. The zero-order chi connectivity index (χ0) is 22.2. The van der Waals surface area contributed by atoms with Crippen LogP contribution in [0.25, 0.3) is 17.0 Å². The topological polar surface area (TPSA) is 54.3 Å². The van der Waals surface area contributed by atoms with Crippen molar-refractivity contribution < 1.29 is 14.0 Å². The Hall–Kier alpha value is -3.90. The van der Waals surface area contributed by atoms with Crippen molar-refractivity contribution >= 4 is 46.1 Å². The summed E-state index contributed by atoms with van der Waals surface area (Å²) in [4.78, 5) is 25.6. The van der Waals surface area contributed by atoms with E-state index in [1.807, 2.05) is 35.0 Å². The highest BCUT2D eigenvalue weighted by atomic mass is 35.5. The molecule has 1 saturated heterocycles. The highest BCUT2D eigenvalue weighted by Crippen LogP contribution is 2.28. The van der Waals surface area contributed by atoms with Crippen molar-refractivity contribution in [2.75, 3.05) is 5.01 Å². The van der Waals surface area contributed by atoms with Gasteiger partial charge >= 0.3 is 0 Å². The molecule has 158 valence electrons.